The second-order valence-electron chi connectivity index (χ2n) is 5.92. The van der Waals surface area contributed by atoms with Gasteiger partial charge in [0, 0.05) is 31.6 Å². The van der Waals surface area contributed by atoms with Gasteiger partial charge in [0.15, 0.2) is 11.5 Å². The average molecular weight is 343 g/mol. The van der Waals surface area contributed by atoms with E-state index in [2.05, 4.69) is 21.8 Å². The number of ether oxygens (including phenoxy) is 2. The first-order chi connectivity index (χ1) is 12.0. The summed E-state index contributed by atoms with van der Waals surface area (Å²) >= 11 is 0. The Kier molecular flexibility index (Phi) is 6.62. The molecule has 0 saturated heterocycles. The minimum absolute atomic E-state index is 0.121. The van der Waals surface area contributed by atoms with E-state index in [9.17, 15) is 4.79 Å². The van der Waals surface area contributed by atoms with E-state index >= 15 is 0 Å². The fourth-order valence-electron chi connectivity index (χ4n) is 2.46. The Hall–Kier alpha value is -2.76. The third kappa shape index (κ3) is 5.38. The number of hydrogen-bond acceptors (Lipinski definition) is 4. The van der Waals surface area contributed by atoms with E-state index in [1.54, 1.807) is 26.5 Å². The molecule has 1 atom stereocenters. The maximum Gasteiger partial charge on any atom is 0.244 e. The van der Waals surface area contributed by atoms with Crippen LogP contribution in [-0.4, -0.2) is 36.2 Å². The molecular weight excluding hydrogens is 318 g/mol. The van der Waals surface area contributed by atoms with Gasteiger partial charge in [0.2, 0.25) is 5.91 Å². The molecule has 0 aliphatic rings. The number of aromatic nitrogens is 2. The lowest BCUT2D eigenvalue weighted by atomic mass is 10.1. The molecule has 0 saturated carbocycles. The lowest BCUT2D eigenvalue weighted by Crippen LogP contribution is -2.28. The molecule has 6 heteroatoms. The Bertz CT molecular complexity index is 737. The van der Waals surface area contributed by atoms with Crippen molar-refractivity contribution in [3.05, 3.63) is 48.1 Å². The molecule has 0 bridgehead atoms. The van der Waals surface area contributed by atoms with Crippen LogP contribution in [0.3, 0.4) is 0 Å². The summed E-state index contributed by atoms with van der Waals surface area (Å²) in [7, 11) is 3.18. The quantitative estimate of drug-likeness (QED) is 0.749. The zero-order valence-corrected chi connectivity index (χ0v) is 15.2. The number of imidazole rings is 1. The Labute approximate surface area is 148 Å². The largest absolute Gasteiger partial charge is 0.493 e. The van der Waals surface area contributed by atoms with E-state index < -0.39 is 0 Å². The predicted octanol–water partition coefficient (Wildman–Crippen LogP) is 2.67. The fraction of sp³-hybridized carbons (Fsp3) is 0.368. The predicted molar refractivity (Wildman–Crippen MR) is 97.7 cm³/mol. The minimum atomic E-state index is -0.121. The van der Waals surface area contributed by atoms with E-state index in [1.165, 1.54) is 6.08 Å². The summed E-state index contributed by atoms with van der Waals surface area (Å²) in [5.74, 6) is 2.46. The molecule has 134 valence electrons. The van der Waals surface area contributed by atoms with Crippen LogP contribution in [0, 0.1) is 12.8 Å². The highest BCUT2D eigenvalue weighted by Crippen LogP contribution is 2.27. The normalized spacial score (nSPS) is 12.2. The number of carbonyl (C=O) groups is 1. The van der Waals surface area contributed by atoms with Crippen LogP contribution in [0.1, 0.15) is 18.3 Å². The Morgan fingerprint density at radius 3 is 2.72 bits per heavy atom. The summed E-state index contributed by atoms with van der Waals surface area (Å²) in [4.78, 5) is 16.2. The van der Waals surface area contributed by atoms with Crippen molar-refractivity contribution in [2.24, 2.45) is 5.92 Å². The molecule has 0 aliphatic carbocycles. The van der Waals surface area contributed by atoms with Gasteiger partial charge in [-0.05, 0) is 36.6 Å². The summed E-state index contributed by atoms with van der Waals surface area (Å²) in [5.41, 5.74) is 0.870. The summed E-state index contributed by atoms with van der Waals surface area (Å²) in [6.45, 7) is 5.49. The van der Waals surface area contributed by atoms with Crippen LogP contribution in [0.2, 0.25) is 0 Å². The molecule has 2 aromatic rings. The standard InChI is InChI=1S/C19H25N3O3/c1-14(13-22-10-9-20-15(22)2)12-21-19(23)8-6-16-5-7-17(24-3)18(11-16)25-4/h5-11,14H,12-13H2,1-4H3,(H,21,23). The Balaban J connectivity index is 1.85. The second-order valence-corrected chi connectivity index (χ2v) is 5.92. The van der Waals surface area contributed by atoms with Crippen LogP contribution in [0.5, 0.6) is 11.5 Å². The third-order valence-corrected chi connectivity index (χ3v) is 3.89. The minimum Gasteiger partial charge on any atom is -0.493 e. The molecule has 6 nitrogen and oxygen atoms in total. The number of methoxy groups -OCH3 is 2. The van der Waals surface area contributed by atoms with Crippen LogP contribution in [-0.2, 0) is 11.3 Å². The van der Waals surface area contributed by atoms with Crippen molar-refractivity contribution in [3.8, 4) is 11.5 Å². The molecule has 0 aliphatic heterocycles. The Morgan fingerprint density at radius 2 is 2.08 bits per heavy atom. The summed E-state index contributed by atoms with van der Waals surface area (Å²) in [5, 5.41) is 2.92. The Morgan fingerprint density at radius 1 is 1.32 bits per heavy atom. The number of nitrogens with zero attached hydrogens (tertiary/aromatic N) is 2. The maximum absolute atomic E-state index is 12.0. The number of aryl methyl sites for hydroxylation is 1. The molecule has 2 rings (SSSR count). The van der Waals surface area contributed by atoms with Crippen LogP contribution in [0.15, 0.2) is 36.7 Å². The van der Waals surface area contributed by atoms with Crippen molar-refractivity contribution in [1.29, 1.82) is 0 Å². The van der Waals surface area contributed by atoms with Gasteiger partial charge < -0.3 is 19.4 Å². The molecule has 0 radical (unpaired) electrons. The first-order valence-corrected chi connectivity index (χ1v) is 8.19. The van der Waals surface area contributed by atoms with Gasteiger partial charge in [-0.1, -0.05) is 13.0 Å². The maximum atomic E-state index is 12.0. The van der Waals surface area contributed by atoms with E-state index in [1.807, 2.05) is 31.3 Å². The molecular formula is C19H25N3O3. The van der Waals surface area contributed by atoms with Gasteiger partial charge >= 0.3 is 0 Å². The number of nitrogens with one attached hydrogen (secondary N) is 1. The van der Waals surface area contributed by atoms with Gasteiger partial charge in [0.25, 0.3) is 0 Å². The van der Waals surface area contributed by atoms with Crippen LogP contribution < -0.4 is 14.8 Å². The fourth-order valence-corrected chi connectivity index (χ4v) is 2.46. The molecule has 1 amide bonds. The van der Waals surface area contributed by atoms with Gasteiger partial charge in [-0.3, -0.25) is 4.79 Å². The molecule has 1 N–H and O–H groups in total. The second kappa shape index (κ2) is 8.92. The highest BCUT2D eigenvalue weighted by Gasteiger charge is 2.07. The number of benzene rings is 1. The smallest absolute Gasteiger partial charge is 0.244 e. The van der Waals surface area contributed by atoms with Crippen LogP contribution in [0.25, 0.3) is 6.08 Å². The summed E-state index contributed by atoms with van der Waals surface area (Å²) < 4.78 is 12.5. The molecule has 1 unspecified atom stereocenters. The van der Waals surface area contributed by atoms with E-state index in [-0.39, 0.29) is 5.91 Å². The first-order valence-electron chi connectivity index (χ1n) is 8.19. The number of hydrogen-bond donors (Lipinski definition) is 1. The molecule has 1 heterocycles. The van der Waals surface area contributed by atoms with Crippen molar-refractivity contribution in [2.75, 3.05) is 20.8 Å². The van der Waals surface area contributed by atoms with Gasteiger partial charge in [-0.25, -0.2) is 4.98 Å². The topological polar surface area (TPSA) is 65.4 Å². The number of amides is 1. The SMILES string of the molecule is COc1ccc(C=CC(=O)NCC(C)Cn2ccnc2C)cc1OC. The van der Waals surface area contributed by atoms with E-state index in [0.29, 0.717) is 24.0 Å². The highest BCUT2D eigenvalue weighted by atomic mass is 16.5. The van der Waals surface area contributed by atoms with Crippen molar-refractivity contribution < 1.29 is 14.3 Å². The van der Waals surface area contributed by atoms with Crippen LogP contribution >= 0.6 is 0 Å². The third-order valence-electron chi connectivity index (χ3n) is 3.89. The van der Waals surface area contributed by atoms with Gasteiger partial charge in [-0.2, -0.15) is 0 Å². The molecule has 1 aromatic carbocycles. The van der Waals surface area contributed by atoms with Crippen molar-refractivity contribution >= 4 is 12.0 Å². The summed E-state index contributed by atoms with van der Waals surface area (Å²) in [6, 6.07) is 5.51. The van der Waals surface area contributed by atoms with Gasteiger partial charge in [0.1, 0.15) is 5.82 Å². The summed E-state index contributed by atoms with van der Waals surface area (Å²) in [6.07, 6.45) is 7.01. The lowest BCUT2D eigenvalue weighted by molar-refractivity contribution is -0.116. The van der Waals surface area contributed by atoms with E-state index in [4.69, 9.17) is 9.47 Å². The monoisotopic (exact) mass is 343 g/mol. The van der Waals surface area contributed by atoms with Crippen molar-refractivity contribution in [2.45, 2.75) is 20.4 Å². The van der Waals surface area contributed by atoms with Gasteiger partial charge in [-0.15, -0.1) is 0 Å². The lowest BCUT2D eigenvalue weighted by Gasteiger charge is -2.13. The zero-order chi connectivity index (χ0) is 18.2. The molecule has 0 fully saturated rings. The first kappa shape index (κ1) is 18.6. The van der Waals surface area contributed by atoms with E-state index in [0.717, 1.165) is 17.9 Å². The molecule has 25 heavy (non-hydrogen) atoms. The van der Waals surface area contributed by atoms with Crippen molar-refractivity contribution in [1.82, 2.24) is 14.9 Å². The molecule has 0 spiro atoms. The van der Waals surface area contributed by atoms with Gasteiger partial charge in [0.05, 0.1) is 14.2 Å². The highest BCUT2D eigenvalue weighted by molar-refractivity contribution is 5.91. The van der Waals surface area contributed by atoms with Crippen LogP contribution in [0.4, 0.5) is 0 Å². The van der Waals surface area contributed by atoms with Crippen molar-refractivity contribution in [3.63, 3.8) is 0 Å². The zero-order valence-electron chi connectivity index (χ0n) is 15.2. The number of rotatable bonds is 8. The average Bonchev–Trinajstić information content (AvgIpc) is 3.02. The number of carbonyl (C=O) groups excluding carboxylic acids is 1. The molecule has 1 aromatic heterocycles.